The molecule has 6 heteroatoms. The summed E-state index contributed by atoms with van der Waals surface area (Å²) in [6, 6.07) is 11.8. The van der Waals surface area contributed by atoms with E-state index in [0.717, 1.165) is 17.3 Å². The molecule has 1 aromatic heterocycles. The fourth-order valence-corrected chi connectivity index (χ4v) is 2.05. The Morgan fingerprint density at radius 2 is 1.96 bits per heavy atom. The van der Waals surface area contributed by atoms with E-state index in [-0.39, 0.29) is 0 Å². The summed E-state index contributed by atoms with van der Waals surface area (Å²) in [6.07, 6.45) is 1.72. The number of guanidine groups is 1. The minimum Gasteiger partial charge on any atom is -0.492 e. The molecular weight excluding hydrogens is 304 g/mol. The Morgan fingerprint density at radius 3 is 2.67 bits per heavy atom. The second-order valence-electron chi connectivity index (χ2n) is 5.22. The first-order valence-electron chi connectivity index (χ1n) is 7.84. The summed E-state index contributed by atoms with van der Waals surface area (Å²) in [5, 5.41) is 6.46. The van der Waals surface area contributed by atoms with Crippen molar-refractivity contribution in [3.05, 3.63) is 53.7 Å². The molecule has 0 aliphatic carbocycles. The van der Waals surface area contributed by atoms with E-state index >= 15 is 0 Å². The fraction of sp³-hybridized carbons (Fsp3) is 0.333. The van der Waals surface area contributed by atoms with Crippen LogP contribution in [0.5, 0.6) is 11.6 Å². The summed E-state index contributed by atoms with van der Waals surface area (Å²) in [4.78, 5) is 8.28. The number of hydrogen-bond acceptors (Lipinski definition) is 4. The van der Waals surface area contributed by atoms with Crippen molar-refractivity contribution in [1.29, 1.82) is 0 Å². The Morgan fingerprint density at radius 1 is 1.17 bits per heavy atom. The highest BCUT2D eigenvalue weighted by atomic mass is 16.5. The Kier molecular flexibility index (Phi) is 6.89. The number of aliphatic imine (C=N–C) groups is 1. The molecule has 0 radical (unpaired) electrons. The number of benzene rings is 1. The van der Waals surface area contributed by atoms with Gasteiger partial charge in [0.25, 0.3) is 0 Å². The normalized spacial score (nSPS) is 11.0. The van der Waals surface area contributed by atoms with Crippen molar-refractivity contribution < 1.29 is 9.47 Å². The molecule has 2 N–H and O–H groups in total. The minimum absolute atomic E-state index is 0.562. The van der Waals surface area contributed by atoms with Crippen LogP contribution in [0.2, 0.25) is 0 Å². The quantitative estimate of drug-likeness (QED) is 0.463. The van der Waals surface area contributed by atoms with Crippen LogP contribution in [-0.4, -0.2) is 38.3 Å². The van der Waals surface area contributed by atoms with E-state index in [2.05, 4.69) is 27.5 Å². The van der Waals surface area contributed by atoms with Crippen LogP contribution in [0.3, 0.4) is 0 Å². The van der Waals surface area contributed by atoms with E-state index in [1.54, 1.807) is 20.4 Å². The number of aryl methyl sites for hydroxylation is 1. The van der Waals surface area contributed by atoms with Gasteiger partial charge in [0, 0.05) is 25.9 Å². The van der Waals surface area contributed by atoms with Gasteiger partial charge in [-0.2, -0.15) is 0 Å². The second-order valence-corrected chi connectivity index (χ2v) is 5.22. The lowest BCUT2D eigenvalue weighted by molar-refractivity contribution is 0.322. The maximum Gasteiger partial charge on any atom is 0.213 e. The van der Waals surface area contributed by atoms with Crippen LogP contribution in [0.15, 0.2) is 47.6 Å². The monoisotopic (exact) mass is 328 g/mol. The van der Waals surface area contributed by atoms with Gasteiger partial charge in [-0.05, 0) is 30.7 Å². The molecule has 0 fully saturated rings. The zero-order chi connectivity index (χ0) is 17.2. The first kappa shape index (κ1) is 17.6. The molecule has 0 atom stereocenters. The summed E-state index contributed by atoms with van der Waals surface area (Å²) in [6.45, 7) is 3.91. The van der Waals surface area contributed by atoms with E-state index in [1.165, 1.54) is 5.56 Å². The molecule has 1 aromatic carbocycles. The summed E-state index contributed by atoms with van der Waals surface area (Å²) in [5.41, 5.74) is 2.29. The van der Waals surface area contributed by atoms with Gasteiger partial charge in [0.05, 0.1) is 13.7 Å². The number of pyridine rings is 1. The molecule has 0 bridgehead atoms. The lowest BCUT2D eigenvalue weighted by Gasteiger charge is -2.13. The highest BCUT2D eigenvalue weighted by Crippen LogP contribution is 2.10. The third-order valence-electron chi connectivity index (χ3n) is 3.38. The Hall–Kier alpha value is -2.76. The average Bonchev–Trinajstić information content (AvgIpc) is 2.63. The Bertz CT molecular complexity index is 656. The molecule has 2 aromatic rings. The largest absolute Gasteiger partial charge is 0.492 e. The van der Waals surface area contributed by atoms with E-state index in [0.29, 0.717) is 25.6 Å². The topological polar surface area (TPSA) is 67.8 Å². The molecule has 24 heavy (non-hydrogen) atoms. The molecular formula is C18H24N4O2. The zero-order valence-electron chi connectivity index (χ0n) is 14.4. The van der Waals surface area contributed by atoms with Gasteiger partial charge in [0.15, 0.2) is 5.96 Å². The summed E-state index contributed by atoms with van der Waals surface area (Å²) >= 11 is 0. The van der Waals surface area contributed by atoms with Gasteiger partial charge in [-0.25, -0.2) is 4.98 Å². The Labute approximate surface area is 142 Å². The SMILES string of the molecule is CN=C(NCCOc1ccc(C)cc1)NCc1ccnc(OC)c1. The van der Waals surface area contributed by atoms with Crippen LogP contribution in [0, 0.1) is 6.92 Å². The highest BCUT2D eigenvalue weighted by molar-refractivity contribution is 5.79. The second kappa shape index (κ2) is 9.39. The van der Waals surface area contributed by atoms with E-state index < -0.39 is 0 Å². The molecule has 0 saturated carbocycles. The van der Waals surface area contributed by atoms with Crippen LogP contribution in [0.1, 0.15) is 11.1 Å². The highest BCUT2D eigenvalue weighted by Gasteiger charge is 2.00. The number of nitrogens with zero attached hydrogens (tertiary/aromatic N) is 2. The molecule has 6 nitrogen and oxygen atoms in total. The fourth-order valence-electron chi connectivity index (χ4n) is 2.05. The first-order valence-corrected chi connectivity index (χ1v) is 7.84. The maximum atomic E-state index is 5.68. The number of ether oxygens (including phenoxy) is 2. The van der Waals surface area contributed by atoms with Crippen molar-refractivity contribution in [2.24, 2.45) is 4.99 Å². The molecule has 2 rings (SSSR count). The number of rotatable bonds is 7. The van der Waals surface area contributed by atoms with E-state index in [9.17, 15) is 0 Å². The van der Waals surface area contributed by atoms with Crippen molar-refractivity contribution in [3.63, 3.8) is 0 Å². The van der Waals surface area contributed by atoms with Crippen molar-refractivity contribution >= 4 is 5.96 Å². The number of aromatic nitrogens is 1. The molecule has 0 spiro atoms. The molecule has 1 heterocycles. The standard InChI is InChI=1S/C18H24N4O2/c1-14-4-6-16(7-5-14)24-11-10-21-18(19-2)22-13-15-8-9-20-17(12-15)23-3/h4-9,12H,10-11,13H2,1-3H3,(H2,19,21,22). The Balaban J connectivity index is 1.71. The first-order chi connectivity index (χ1) is 11.7. The molecule has 0 aliphatic rings. The van der Waals surface area contributed by atoms with Crippen LogP contribution in [-0.2, 0) is 6.54 Å². The third kappa shape index (κ3) is 5.79. The van der Waals surface area contributed by atoms with Crippen LogP contribution < -0.4 is 20.1 Å². The van der Waals surface area contributed by atoms with Gasteiger partial charge in [-0.3, -0.25) is 4.99 Å². The minimum atomic E-state index is 0.562. The van der Waals surface area contributed by atoms with E-state index in [1.807, 2.05) is 36.4 Å². The molecule has 128 valence electrons. The van der Waals surface area contributed by atoms with E-state index in [4.69, 9.17) is 9.47 Å². The summed E-state index contributed by atoms with van der Waals surface area (Å²) in [7, 11) is 3.34. The lowest BCUT2D eigenvalue weighted by atomic mass is 10.2. The smallest absolute Gasteiger partial charge is 0.213 e. The van der Waals surface area contributed by atoms with Crippen molar-refractivity contribution in [1.82, 2.24) is 15.6 Å². The average molecular weight is 328 g/mol. The van der Waals surface area contributed by atoms with Crippen molar-refractivity contribution in [2.45, 2.75) is 13.5 Å². The molecule has 0 unspecified atom stereocenters. The third-order valence-corrected chi connectivity index (χ3v) is 3.38. The van der Waals surface area contributed by atoms with Crippen LogP contribution >= 0.6 is 0 Å². The number of methoxy groups -OCH3 is 1. The van der Waals surface area contributed by atoms with Crippen LogP contribution in [0.25, 0.3) is 0 Å². The molecule has 0 amide bonds. The van der Waals surface area contributed by atoms with Crippen molar-refractivity contribution in [2.75, 3.05) is 27.3 Å². The predicted octanol–water partition coefficient (Wildman–Crippen LogP) is 2.14. The van der Waals surface area contributed by atoms with Gasteiger partial charge in [-0.15, -0.1) is 0 Å². The maximum absolute atomic E-state index is 5.68. The van der Waals surface area contributed by atoms with Gasteiger partial charge >= 0.3 is 0 Å². The predicted molar refractivity (Wildman–Crippen MR) is 95.7 cm³/mol. The molecule has 0 saturated heterocycles. The summed E-state index contributed by atoms with van der Waals surface area (Å²) < 4.78 is 10.8. The lowest BCUT2D eigenvalue weighted by Crippen LogP contribution is -2.38. The van der Waals surface area contributed by atoms with Crippen LogP contribution in [0.4, 0.5) is 0 Å². The number of hydrogen-bond donors (Lipinski definition) is 2. The van der Waals surface area contributed by atoms with Crippen molar-refractivity contribution in [3.8, 4) is 11.6 Å². The zero-order valence-corrected chi connectivity index (χ0v) is 14.4. The van der Waals surface area contributed by atoms with Gasteiger partial charge in [0.2, 0.25) is 5.88 Å². The number of nitrogens with one attached hydrogen (secondary N) is 2. The van der Waals surface area contributed by atoms with Gasteiger partial charge in [0.1, 0.15) is 12.4 Å². The summed E-state index contributed by atoms with van der Waals surface area (Å²) in [5.74, 6) is 2.19. The molecule has 0 aliphatic heterocycles. The van der Waals surface area contributed by atoms with Gasteiger partial charge < -0.3 is 20.1 Å². The van der Waals surface area contributed by atoms with Gasteiger partial charge in [-0.1, -0.05) is 17.7 Å².